The summed E-state index contributed by atoms with van der Waals surface area (Å²) < 4.78 is 0. The number of amides is 3. The molecular formula is C23H29ClN4O2S. The highest BCUT2D eigenvalue weighted by molar-refractivity contribution is 7.17. The van der Waals surface area contributed by atoms with Gasteiger partial charge in [-0.3, -0.25) is 15.0 Å². The molecule has 2 aromatic rings. The molecule has 1 fully saturated rings. The molecule has 31 heavy (non-hydrogen) atoms. The molecule has 1 aliphatic heterocycles. The van der Waals surface area contributed by atoms with E-state index in [1.807, 2.05) is 0 Å². The quantitative estimate of drug-likeness (QED) is 0.511. The number of carbonyl (C=O) groups is 2. The highest BCUT2D eigenvalue weighted by atomic mass is 35.5. The molecule has 1 atom stereocenters. The number of anilines is 2. The first-order chi connectivity index (χ1) is 14.9. The van der Waals surface area contributed by atoms with Crippen LogP contribution in [0.3, 0.4) is 0 Å². The molecule has 1 aromatic heterocycles. The van der Waals surface area contributed by atoms with Gasteiger partial charge in [0.1, 0.15) is 5.00 Å². The second-order valence-corrected chi connectivity index (χ2v) is 10.1. The summed E-state index contributed by atoms with van der Waals surface area (Å²) in [6, 6.07) is 6.95. The maximum absolute atomic E-state index is 12.6. The van der Waals surface area contributed by atoms with Crippen LogP contribution in [-0.2, 0) is 13.0 Å². The number of halogens is 1. The fourth-order valence-electron chi connectivity index (χ4n) is 4.51. The molecule has 8 heteroatoms. The average molecular weight is 461 g/mol. The van der Waals surface area contributed by atoms with Gasteiger partial charge in [-0.25, -0.2) is 4.79 Å². The maximum Gasteiger partial charge on any atom is 0.324 e. The van der Waals surface area contributed by atoms with Crippen LogP contribution in [0.1, 0.15) is 59.8 Å². The van der Waals surface area contributed by atoms with Crippen LogP contribution in [0.5, 0.6) is 0 Å². The lowest BCUT2D eigenvalue weighted by atomic mass is 9.83. The van der Waals surface area contributed by atoms with E-state index in [0.717, 1.165) is 43.8 Å². The SMILES string of the molecule is CCC[C@@H]1Cc2sc(NC(=O)Nc3ccc(Cl)cc3)c(C(N)=O)c2CN1CC1CCC1. The zero-order chi connectivity index (χ0) is 22.0. The number of urea groups is 1. The van der Waals surface area contributed by atoms with Gasteiger partial charge in [0.15, 0.2) is 0 Å². The van der Waals surface area contributed by atoms with Crippen LogP contribution in [0.4, 0.5) is 15.5 Å². The van der Waals surface area contributed by atoms with Crippen LogP contribution in [0, 0.1) is 5.92 Å². The Morgan fingerprint density at radius 1 is 1.23 bits per heavy atom. The molecule has 1 aromatic carbocycles. The number of hydrogen-bond donors (Lipinski definition) is 3. The predicted molar refractivity (Wildman–Crippen MR) is 127 cm³/mol. The van der Waals surface area contributed by atoms with E-state index in [9.17, 15) is 9.59 Å². The highest BCUT2D eigenvalue weighted by Crippen LogP contribution is 2.40. The number of thiophene rings is 1. The lowest BCUT2D eigenvalue weighted by Crippen LogP contribution is -2.44. The van der Waals surface area contributed by atoms with Crippen molar-refractivity contribution in [1.82, 2.24) is 4.90 Å². The first kappa shape index (κ1) is 22.1. The smallest absolute Gasteiger partial charge is 0.324 e. The molecule has 6 nitrogen and oxygen atoms in total. The van der Waals surface area contributed by atoms with Crippen LogP contribution >= 0.6 is 22.9 Å². The molecule has 166 valence electrons. The third-order valence-corrected chi connectivity index (χ3v) is 7.73. The first-order valence-corrected chi connectivity index (χ1v) is 12.2. The molecule has 0 bridgehead atoms. The Morgan fingerprint density at radius 3 is 2.58 bits per heavy atom. The minimum atomic E-state index is -0.489. The Kier molecular flexibility index (Phi) is 6.84. The number of rotatable bonds is 7. The van der Waals surface area contributed by atoms with E-state index in [1.165, 1.54) is 35.5 Å². The van der Waals surface area contributed by atoms with Gasteiger partial charge in [0.05, 0.1) is 5.56 Å². The lowest BCUT2D eigenvalue weighted by Gasteiger charge is -2.40. The van der Waals surface area contributed by atoms with Crippen molar-refractivity contribution in [3.05, 3.63) is 45.3 Å². The largest absolute Gasteiger partial charge is 0.365 e. The number of primary amides is 1. The Morgan fingerprint density at radius 2 is 1.97 bits per heavy atom. The van der Waals surface area contributed by atoms with E-state index in [4.69, 9.17) is 17.3 Å². The molecule has 0 spiro atoms. The van der Waals surface area contributed by atoms with Gasteiger partial charge in [0, 0.05) is 34.7 Å². The van der Waals surface area contributed by atoms with Crippen molar-refractivity contribution in [2.75, 3.05) is 17.2 Å². The zero-order valence-corrected chi connectivity index (χ0v) is 19.3. The van der Waals surface area contributed by atoms with Crippen LogP contribution in [0.2, 0.25) is 5.02 Å². The molecule has 0 radical (unpaired) electrons. The van der Waals surface area contributed by atoms with Gasteiger partial charge in [-0.2, -0.15) is 0 Å². The summed E-state index contributed by atoms with van der Waals surface area (Å²) in [7, 11) is 0. The molecule has 4 rings (SSSR count). The van der Waals surface area contributed by atoms with Crippen molar-refractivity contribution >= 4 is 45.6 Å². The van der Waals surface area contributed by atoms with Gasteiger partial charge in [-0.15, -0.1) is 11.3 Å². The molecule has 1 saturated carbocycles. The number of hydrogen-bond acceptors (Lipinski definition) is 4. The Hall–Kier alpha value is -2.09. The summed E-state index contributed by atoms with van der Waals surface area (Å²) in [5.41, 5.74) is 7.84. The summed E-state index contributed by atoms with van der Waals surface area (Å²) in [4.78, 5) is 28.6. The molecule has 4 N–H and O–H groups in total. The monoisotopic (exact) mass is 460 g/mol. The Labute approximate surface area is 192 Å². The van der Waals surface area contributed by atoms with Gasteiger partial charge < -0.3 is 11.1 Å². The van der Waals surface area contributed by atoms with E-state index in [0.29, 0.717) is 27.3 Å². The van der Waals surface area contributed by atoms with E-state index in [1.54, 1.807) is 24.3 Å². The number of nitrogens with two attached hydrogens (primary N) is 1. The first-order valence-electron chi connectivity index (χ1n) is 11.0. The average Bonchev–Trinajstić information content (AvgIpc) is 3.03. The fraction of sp³-hybridized carbons (Fsp3) is 0.478. The second kappa shape index (κ2) is 9.59. The van der Waals surface area contributed by atoms with Crippen LogP contribution in [0.15, 0.2) is 24.3 Å². The van der Waals surface area contributed by atoms with Crippen LogP contribution in [0.25, 0.3) is 0 Å². The van der Waals surface area contributed by atoms with Crippen molar-refractivity contribution in [3.8, 4) is 0 Å². The summed E-state index contributed by atoms with van der Waals surface area (Å²) in [6.45, 7) is 4.03. The zero-order valence-electron chi connectivity index (χ0n) is 17.7. The van der Waals surface area contributed by atoms with Gasteiger partial charge in [-0.1, -0.05) is 31.4 Å². The normalized spacial score (nSPS) is 18.8. The highest BCUT2D eigenvalue weighted by Gasteiger charge is 2.34. The third kappa shape index (κ3) is 5.05. The van der Waals surface area contributed by atoms with Crippen molar-refractivity contribution in [1.29, 1.82) is 0 Å². The van der Waals surface area contributed by atoms with Crippen molar-refractivity contribution in [2.45, 2.75) is 58.0 Å². The molecular weight excluding hydrogens is 432 g/mol. The number of carbonyl (C=O) groups excluding carboxylic acids is 2. The summed E-state index contributed by atoms with van der Waals surface area (Å²) in [5, 5.41) is 6.76. The summed E-state index contributed by atoms with van der Waals surface area (Å²) in [5.74, 6) is 0.274. The third-order valence-electron chi connectivity index (χ3n) is 6.30. The number of nitrogens with zero attached hydrogens (tertiary/aromatic N) is 1. The standard InChI is InChI=1S/C23H29ClN4O2S/c1-2-4-17-11-19-18(13-28(17)12-14-5-3-6-14)20(21(25)29)22(31-19)27-23(30)26-16-9-7-15(24)8-10-16/h7-10,14,17H,2-6,11-13H2,1H3,(H2,25,29)(H2,26,27,30)/t17-/m1/s1. The van der Waals surface area contributed by atoms with Crippen LogP contribution < -0.4 is 16.4 Å². The number of benzene rings is 1. The molecule has 0 saturated heterocycles. The number of nitrogens with one attached hydrogen (secondary N) is 2. The van der Waals surface area contributed by atoms with E-state index in [-0.39, 0.29) is 0 Å². The molecule has 3 amide bonds. The van der Waals surface area contributed by atoms with E-state index >= 15 is 0 Å². The molecule has 1 aliphatic carbocycles. The van der Waals surface area contributed by atoms with Gasteiger partial charge >= 0.3 is 6.03 Å². The molecule has 0 unspecified atom stereocenters. The van der Waals surface area contributed by atoms with Crippen LogP contribution in [-0.4, -0.2) is 29.4 Å². The Bertz CT molecular complexity index is 955. The minimum absolute atomic E-state index is 0.403. The van der Waals surface area contributed by atoms with Gasteiger partial charge in [0.2, 0.25) is 0 Å². The summed E-state index contributed by atoms with van der Waals surface area (Å²) >= 11 is 7.38. The molecule has 2 aliphatic rings. The topological polar surface area (TPSA) is 87.5 Å². The van der Waals surface area contributed by atoms with E-state index in [2.05, 4.69) is 22.5 Å². The maximum atomic E-state index is 12.6. The summed E-state index contributed by atoms with van der Waals surface area (Å²) in [6.07, 6.45) is 7.09. The van der Waals surface area contributed by atoms with Crippen molar-refractivity contribution < 1.29 is 9.59 Å². The van der Waals surface area contributed by atoms with Crippen molar-refractivity contribution in [3.63, 3.8) is 0 Å². The van der Waals surface area contributed by atoms with E-state index < -0.39 is 11.9 Å². The number of fused-ring (bicyclic) bond motifs is 1. The molecule has 2 heterocycles. The minimum Gasteiger partial charge on any atom is -0.365 e. The second-order valence-electron chi connectivity index (χ2n) is 8.53. The van der Waals surface area contributed by atoms with Gasteiger partial charge in [-0.05, 0) is 61.4 Å². The Balaban J connectivity index is 1.54. The lowest BCUT2D eigenvalue weighted by molar-refractivity contribution is 0.0982. The van der Waals surface area contributed by atoms with Crippen molar-refractivity contribution in [2.24, 2.45) is 11.7 Å². The fourth-order valence-corrected chi connectivity index (χ4v) is 5.91. The predicted octanol–water partition coefficient (Wildman–Crippen LogP) is 5.47. The van der Waals surface area contributed by atoms with Gasteiger partial charge in [0.25, 0.3) is 5.91 Å².